The molecule has 1 aliphatic rings. The van der Waals surface area contributed by atoms with Crippen LogP contribution < -0.4 is 0 Å². The number of nitrogens with zero attached hydrogens (tertiary/aromatic N) is 4. The summed E-state index contributed by atoms with van der Waals surface area (Å²) in [4.78, 5) is 22.9. The molecule has 1 saturated heterocycles. The highest BCUT2D eigenvalue weighted by atomic mass is 16.2. The van der Waals surface area contributed by atoms with Crippen molar-refractivity contribution in [3.63, 3.8) is 0 Å². The van der Waals surface area contributed by atoms with Crippen LogP contribution in [0.1, 0.15) is 43.5 Å². The summed E-state index contributed by atoms with van der Waals surface area (Å²) in [5.74, 6) is 1.60. The van der Waals surface area contributed by atoms with Gasteiger partial charge in [-0.2, -0.15) is 0 Å². The Morgan fingerprint density at radius 3 is 2.96 bits per heavy atom. The third-order valence-electron chi connectivity index (χ3n) is 4.52. The standard InChI is InChI=1S/C19H24N4O/c1-2-3-6-18(24)22-12-4-5-17(15-22)19-21-11-13-23(19)14-16-7-9-20-10-8-16/h2-3,7-11,13,17H,4-6,12,14-15H2,1H3/b3-2+/t17-/m0/s1. The molecule has 126 valence electrons. The summed E-state index contributed by atoms with van der Waals surface area (Å²) in [6, 6.07) is 4.05. The molecular weight excluding hydrogens is 300 g/mol. The number of rotatable bonds is 5. The second kappa shape index (κ2) is 7.90. The van der Waals surface area contributed by atoms with Gasteiger partial charge in [-0.3, -0.25) is 9.78 Å². The van der Waals surface area contributed by atoms with Crippen LogP contribution in [0, 0.1) is 0 Å². The van der Waals surface area contributed by atoms with Crippen LogP contribution in [0.4, 0.5) is 0 Å². The molecule has 0 aliphatic carbocycles. The smallest absolute Gasteiger partial charge is 0.226 e. The van der Waals surface area contributed by atoms with Crippen molar-refractivity contribution < 1.29 is 4.79 Å². The third kappa shape index (κ3) is 3.91. The lowest BCUT2D eigenvalue weighted by Crippen LogP contribution is -2.39. The van der Waals surface area contributed by atoms with Gasteiger partial charge in [-0.1, -0.05) is 12.2 Å². The minimum atomic E-state index is 0.213. The van der Waals surface area contributed by atoms with Gasteiger partial charge in [-0.05, 0) is 37.5 Å². The molecule has 0 radical (unpaired) electrons. The largest absolute Gasteiger partial charge is 0.342 e. The fraction of sp³-hybridized carbons (Fsp3) is 0.421. The lowest BCUT2D eigenvalue weighted by atomic mass is 9.96. The molecule has 1 atom stereocenters. The Labute approximate surface area is 143 Å². The number of hydrogen-bond acceptors (Lipinski definition) is 3. The SMILES string of the molecule is C/C=C/CC(=O)N1CCC[C@H](c2nccn2Cc2ccncc2)C1. The van der Waals surface area contributed by atoms with Crippen LogP contribution >= 0.6 is 0 Å². The first-order valence-corrected chi connectivity index (χ1v) is 8.56. The molecule has 0 aromatic carbocycles. The van der Waals surface area contributed by atoms with Gasteiger partial charge in [0.15, 0.2) is 0 Å². The van der Waals surface area contributed by atoms with E-state index >= 15 is 0 Å². The lowest BCUT2D eigenvalue weighted by molar-refractivity contribution is -0.131. The van der Waals surface area contributed by atoms with Gasteiger partial charge in [0.1, 0.15) is 5.82 Å². The van der Waals surface area contributed by atoms with Crippen LogP contribution in [0.2, 0.25) is 0 Å². The number of carbonyl (C=O) groups excluding carboxylic acids is 1. The summed E-state index contributed by atoms with van der Waals surface area (Å²) in [6.07, 6.45) is 14.0. The summed E-state index contributed by atoms with van der Waals surface area (Å²) in [5.41, 5.74) is 1.21. The highest BCUT2D eigenvalue weighted by Crippen LogP contribution is 2.26. The minimum Gasteiger partial charge on any atom is -0.342 e. The van der Waals surface area contributed by atoms with Crippen molar-refractivity contribution in [2.45, 2.75) is 38.6 Å². The molecular formula is C19H24N4O. The molecule has 24 heavy (non-hydrogen) atoms. The van der Waals surface area contributed by atoms with E-state index in [2.05, 4.69) is 14.5 Å². The first kappa shape index (κ1) is 16.4. The van der Waals surface area contributed by atoms with E-state index in [1.807, 2.05) is 60.9 Å². The normalized spacial score (nSPS) is 18.2. The third-order valence-corrected chi connectivity index (χ3v) is 4.52. The fourth-order valence-corrected chi connectivity index (χ4v) is 3.26. The highest BCUT2D eigenvalue weighted by molar-refractivity contribution is 5.77. The topological polar surface area (TPSA) is 51.0 Å². The van der Waals surface area contributed by atoms with Crippen molar-refractivity contribution in [1.29, 1.82) is 0 Å². The molecule has 2 aromatic heterocycles. The second-order valence-corrected chi connectivity index (χ2v) is 6.22. The first-order chi connectivity index (χ1) is 11.8. The van der Waals surface area contributed by atoms with Gasteiger partial charge in [-0.15, -0.1) is 0 Å². The molecule has 0 spiro atoms. The van der Waals surface area contributed by atoms with Crippen LogP contribution in [-0.2, 0) is 11.3 Å². The van der Waals surface area contributed by atoms with Gasteiger partial charge in [0.05, 0.1) is 0 Å². The molecule has 3 rings (SSSR count). The van der Waals surface area contributed by atoms with Crippen molar-refractivity contribution in [1.82, 2.24) is 19.4 Å². The van der Waals surface area contributed by atoms with Crippen LogP contribution in [0.25, 0.3) is 0 Å². The molecule has 0 bridgehead atoms. The molecule has 0 N–H and O–H groups in total. The average Bonchev–Trinajstić information content (AvgIpc) is 3.09. The lowest BCUT2D eigenvalue weighted by Gasteiger charge is -2.32. The minimum absolute atomic E-state index is 0.213. The van der Waals surface area contributed by atoms with Crippen LogP contribution in [-0.4, -0.2) is 38.4 Å². The fourth-order valence-electron chi connectivity index (χ4n) is 3.26. The van der Waals surface area contributed by atoms with Crippen molar-refractivity contribution in [2.75, 3.05) is 13.1 Å². The Bertz CT molecular complexity index is 692. The Hall–Kier alpha value is -2.43. The molecule has 5 nitrogen and oxygen atoms in total. The second-order valence-electron chi connectivity index (χ2n) is 6.22. The number of allylic oxidation sites excluding steroid dienone is 1. The van der Waals surface area contributed by atoms with E-state index in [0.29, 0.717) is 12.3 Å². The molecule has 0 unspecified atom stereocenters. The number of amides is 1. The zero-order valence-electron chi connectivity index (χ0n) is 14.1. The molecule has 1 fully saturated rings. The first-order valence-electron chi connectivity index (χ1n) is 8.56. The molecule has 0 saturated carbocycles. The zero-order valence-corrected chi connectivity index (χ0v) is 14.1. The molecule has 2 aromatic rings. The number of pyridine rings is 1. The Morgan fingerprint density at radius 1 is 1.33 bits per heavy atom. The van der Waals surface area contributed by atoms with Crippen molar-refractivity contribution in [2.24, 2.45) is 0 Å². The summed E-state index contributed by atoms with van der Waals surface area (Å²) in [5, 5.41) is 0. The Kier molecular flexibility index (Phi) is 5.41. The highest BCUT2D eigenvalue weighted by Gasteiger charge is 2.26. The maximum Gasteiger partial charge on any atom is 0.226 e. The van der Waals surface area contributed by atoms with Gasteiger partial charge in [0.25, 0.3) is 0 Å². The van der Waals surface area contributed by atoms with Crippen LogP contribution in [0.3, 0.4) is 0 Å². The Balaban J connectivity index is 1.70. The van der Waals surface area contributed by atoms with Crippen LogP contribution in [0.5, 0.6) is 0 Å². The van der Waals surface area contributed by atoms with Gasteiger partial charge in [-0.25, -0.2) is 4.98 Å². The summed E-state index contributed by atoms with van der Waals surface area (Å²) < 4.78 is 2.19. The van der Waals surface area contributed by atoms with E-state index in [1.165, 1.54) is 5.56 Å². The van der Waals surface area contributed by atoms with Gasteiger partial charge < -0.3 is 9.47 Å². The van der Waals surface area contributed by atoms with Gasteiger partial charge in [0.2, 0.25) is 5.91 Å². The average molecular weight is 324 g/mol. The maximum atomic E-state index is 12.3. The monoisotopic (exact) mass is 324 g/mol. The van der Waals surface area contributed by atoms with E-state index in [0.717, 1.165) is 38.3 Å². The number of hydrogen-bond donors (Lipinski definition) is 0. The predicted molar refractivity (Wildman–Crippen MR) is 93.6 cm³/mol. The number of carbonyl (C=O) groups is 1. The quantitative estimate of drug-likeness (QED) is 0.795. The summed E-state index contributed by atoms with van der Waals surface area (Å²) in [6.45, 7) is 4.37. The number of imidazole rings is 1. The van der Waals surface area contributed by atoms with E-state index in [9.17, 15) is 4.79 Å². The molecule has 3 heterocycles. The van der Waals surface area contributed by atoms with Crippen LogP contribution in [0.15, 0.2) is 49.1 Å². The Morgan fingerprint density at radius 2 is 2.17 bits per heavy atom. The zero-order chi connectivity index (χ0) is 16.8. The summed E-state index contributed by atoms with van der Waals surface area (Å²) >= 11 is 0. The number of piperidine rings is 1. The van der Waals surface area contributed by atoms with E-state index in [4.69, 9.17) is 0 Å². The summed E-state index contributed by atoms with van der Waals surface area (Å²) in [7, 11) is 0. The van der Waals surface area contributed by atoms with Crippen molar-refractivity contribution in [3.05, 3.63) is 60.5 Å². The number of likely N-dealkylation sites (tertiary alicyclic amines) is 1. The van der Waals surface area contributed by atoms with Gasteiger partial charge in [0, 0.05) is 56.8 Å². The van der Waals surface area contributed by atoms with Gasteiger partial charge >= 0.3 is 0 Å². The van der Waals surface area contributed by atoms with Crippen molar-refractivity contribution in [3.8, 4) is 0 Å². The number of aromatic nitrogens is 3. The van der Waals surface area contributed by atoms with E-state index < -0.39 is 0 Å². The van der Waals surface area contributed by atoms with Crippen molar-refractivity contribution >= 4 is 5.91 Å². The van der Waals surface area contributed by atoms with E-state index in [-0.39, 0.29) is 5.91 Å². The predicted octanol–water partition coefficient (Wildman–Crippen LogP) is 3.00. The molecule has 1 aliphatic heterocycles. The molecule has 1 amide bonds. The van der Waals surface area contributed by atoms with E-state index in [1.54, 1.807) is 0 Å². The maximum absolute atomic E-state index is 12.3. The molecule has 5 heteroatoms.